The number of amides is 2. The largest absolute Gasteiger partial charge is 0.380 e. The van der Waals surface area contributed by atoms with Crippen molar-refractivity contribution in [1.29, 1.82) is 0 Å². The number of carbonyl (C=O) groups is 2. The predicted octanol–water partition coefficient (Wildman–Crippen LogP) is -0.0310. The highest BCUT2D eigenvalue weighted by Crippen LogP contribution is 2.52. The van der Waals surface area contributed by atoms with Crippen molar-refractivity contribution in [2.24, 2.45) is 11.8 Å². The van der Waals surface area contributed by atoms with Gasteiger partial charge in [-0.05, 0) is 26.9 Å². The lowest BCUT2D eigenvalue weighted by Crippen LogP contribution is -2.47. The lowest BCUT2D eigenvalue weighted by Gasteiger charge is -2.29. The zero-order valence-corrected chi connectivity index (χ0v) is 15.7. The van der Waals surface area contributed by atoms with Crippen LogP contribution in [0.4, 0.5) is 0 Å². The van der Waals surface area contributed by atoms with Crippen molar-refractivity contribution in [3.05, 3.63) is 12.2 Å². The van der Waals surface area contributed by atoms with E-state index in [0.29, 0.717) is 26.3 Å². The van der Waals surface area contributed by atoms with E-state index in [1.807, 2.05) is 28.9 Å². The summed E-state index contributed by atoms with van der Waals surface area (Å²) in [6.07, 6.45) is 4.72. The van der Waals surface area contributed by atoms with Crippen molar-refractivity contribution < 1.29 is 19.1 Å². The molecular formula is C19H29N3O4. The normalized spacial score (nSPS) is 36.7. The molecule has 7 nitrogen and oxygen atoms in total. The Morgan fingerprint density at radius 2 is 2.19 bits per heavy atom. The summed E-state index contributed by atoms with van der Waals surface area (Å²) in [5.74, 6) is -0.635. The Morgan fingerprint density at radius 1 is 1.35 bits per heavy atom. The first-order valence-electron chi connectivity index (χ1n) is 9.77. The Kier molecular flexibility index (Phi) is 4.79. The van der Waals surface area contributed by atoms with Crippen LogP contribution in [0.3, 0.4) is 0 Å². The quantitative estimate of drug-likeness (QED) is 0.507. The SMILES string of the molecule is CCOCCN1C[C@@]23C=C[C@@H](O2)C(C(=O)N2CCCN(C)CC2)C3C1=O. The molecule has 3 fully saturated rings. The summed E-state index contributed by atoms with van der Waals surface area (Å²) in [6, 6.07) is 0. The Bertz CT molecular complexity index is 610. The molecule has 144 valence electrons. The Morgan fingerprint density at radius 3 is 3.00 bits per heavy atom. The molecule has 3 saturated heterocycles. The van der Waals surface area contributed by atoms with Crippen molar-refractivity contribution >= 4 is 11.8 Å². The van der Waals surface area contributed by atoms with Crippen LogP contribution in [0.1, 0.15) is 13.3 Å². The van der Waals surface area contributed by atoms with Gasteiger partial charge in [0.1, 0.15) is 5.60 Å². The molecule has 2 unspecified atom stereocenters. The molecule has 1 spiro atoms. The topological polar surface area (TPSA) is 62.3 Å². The van der Waals surface area contributed by atoms with E-state index >= 15 is 0 Å². The Balaban J connectivity index is 1.50. The molecule has 7 heteroatoms. The number of hydrogen-bond acceptors (Lipinski definition) is 5. The second kappa shape index (κ2) is 6.94. The van der Waals surface area contributed by atoms with Gasteiger partial charge < -0.3 is 24.2 Å². The highest BCUT2D eigenvalue weighted by molar-refractivity contribution is 5.93. The fourth-order valence-corrected chi connectivity index (χ4v) is 4.85. The van der Waals surface area contributed by atoms with Crippen LogP contribution in [0, 0.1) is 11.8 Å². The van der Waals surface area contributed by atoms with Gasteiger partial charge in [0.15, 0.2) is 0 Å². The molecule has 0 radical (unpaired) electrons. The van der Waals surface area contributed by atoms with E-state index in [1.54, 1.807) is 0 Å². The first-order valence-corrected chi connectivity index (χ1v) is 9.77. The molecule has 4 heterocycles. The van der Waals surface area contributed by atoms with Crippen LogP contribution in [-0.2, 0) is 19.1 Å². The molecule has 0 saturated carbocycles. The number of ether oxygens (including phenoxy) is 2. The third-order valence-corrected chi connectivity index (χ3v) is 6.20. The molecular weight excluding hydrogens is 334 g/mol. The number of hydrogen-bond donors (Lipinski definition) is 0. The van der Waals surface area contributed by atoms with Gasteiger partial charge in [0, 0.05) is 32.8 Å². The van der Waals surface area contributed by atoms with Crippen LogP contribution < -0.4 is 0 Å². The number of likely N-dealkylation sites (N-methyl/N-ethyl adjacent to an activating group) is 1. The van der Waals surface area contributed by atoms with Gasteiger partial charge in [-0.15, -0.1) is 0 Å². The van der Waals surface area contributed by atoms with E-state index in [0.717, 1.165) is 32.6 Å². The summed E-state index contributed by atoms with van der Waals surface area (Å²) in [5, 5.41) is 0. The zero-order chi connectivity index (χ0) is 18.3. The van der Waals surface area contributed by atoms with E-state index in [2.05, 4.69) is 11.9 Å². The first-order chi connectivity index (χ1) is 12.6. The number of carbonyl (C=O) groups excluding carboxylic acids is 2. The van der Waals surface area contributed by atoms with Crippen LogP contribution in [0.5, 0.6) is 0 Å². The highest BCUT2D eigenvalue weighted by atomic mass is 16.5. The average molecular weight is 363 g/mol. The maximum absolute atomic E-state index is 13.3. The molecule has 0 aromatic rings. The van der Waals surface area contributed by atoms with Gasteiger partial charge in [-0.1, -0.05) is 12.2 Å². The minimum atomic E-state index is -0.614. The predicted molar refractivity (Wildman–Crippen MR) is 95.5 cm³/mol. The molecule has 0 aliphatic carbocycles. The summed E-state index contributed by atoms with van der Waals surface area (Å²) >= 11 is 0. The number of fused-ring (bicyclic) bond motifs is 1. The van der Waals surface area contributed by atoms with Crippen molar-refractivity contribution in [2.75, 3.05) is 59.5 Å². The third-order valence-electron chi connectivity index (χ3n) is 6.20. The first kappa shape index (κ1) is 17.9. The fraction of sp³-hybridized carbons (Fsp3) is 0.789. The summed E-state index contributed by atoms with van der Waals surface area (Å²) in [6.45, 7) is 7.57. The molecule has 26 heavy (non-hydrogen) atoms. The van der Waals surface area contributed by atoms with Gasteiger partial charge in [0.25, 0.3) is 0 Å². The summed E-state index contributed by atoms with van der Waals surface area (Å²) in [4.78, 5) is 32.4. The zero-order valence-electron chi connectivity index (χ0n) is 15.7. The van der Waals surface area contributed by atoms with E-state index in [9.17, 15) is 9.59 Å². The van der Waals surface area contributed by atoms with E-state index in [4.69, 9.17) is 9.47 Å². The minimum Gasteiger partial charge on any atom is -0.380 e. The summed E-state index contributed by atoms with van der Waals surface area (Å²) in [7, 11) is 2.09. The van der Waals surface area contributed by atoms with Crippen molar-refractivity contribution in [2.45, 2.75) is 25.0 Å². The molecule has 0 N–H and O–H groups in total. The standard InChI is InChI=1S/C19H29N3O4/c1-3-25-12-11-22-13-19-6-5-14(26-19)15(16(19)18(22)24)17(23)21-8-4-7-20(2)9-10-21/h5-6,14-16H,3-4,7-13H2,1-2H3/t14-,15?,16?,19-/m1/s1. The average Bonchev–Trinajstić information content (AvgIpc) is 3.19. The maximum Gasteiger partial charge on any atom is 0.230 e. The minimum absolute atomic E-state index is 0.0434. The molecule has 0 aromatic carbocycles. The molecule has 4 atom stereocenters. The van der Waals surface area contributed by atoms with E-state index in [1.165, 1.54) is 0 Å². The fourth-order valence-electron chi connectivity index (χ4n) is 4.85. The Labute approximate surface area is 154 Å². The lowest BCUT2D eigenvalue weighted by atomic mass is 9.76. The second-order valence-electron chi connectivity index (χ2n) is 7.84. The van der Waals surface area contributed by atoms with Crippen molar-refractivity contribution in [3.63, 3.8) is 0 Å². The summed E-state index contributed by atoms with van der Waals surface area (Å²) < 4.78 is 11.6. The Hall–Kier alpha value is -1.44. The van der Waals surface area contributed by atoms with Gasteiger partial charge >= 0.3 is 0 Å². The van der Waals surface area contributed by atoms with Crippen molar-refractivity contribution in [1.82, 2.24) is 14.7 Å². The van der Waals surface area contributed by atoms with Gasteiger partial charge in [0.2, 0.25) is 11.8 Å². The molecule has 2 bridgehead atoms. The molecule has 4 aliphatic rings. The summed E-state index contributed by atoms with van der Waals surface area (Å²) in [5.41, 5.74) is -0.614. The van der Waals surface area contributed by atoms with E-state index < -0.39 is 5.60 Å². The van der Waals surface area contributed by atoms with Gasteiger partial charge in [-0.2, -0.15) is 0 Å². The molecule has 2 amide bonds. The molecule has 4 aliphatic heterocycles. The molecule has 0 aromatic heterocycles. The maximum atomic E-state index is 13.3. The van der Waals surface area contributed by atoms with Crippen LogP contribution in [-0.4, -0.2) is 97.7 Å². The van der Waals surface area contributed by atoms with E-state index in [-0.39, 0.29) is 29.8 Å². The number of likely N-dealkylation sites (tertiary alicyclic amines) is 1. The lowest BCUT2D eigenvalue weighted by molar-refractivity contribution is -0.143. The number of nitrogens with zero attached hydrogens (tertiary/aromatic N) is 3. The van der Waals surface area contributed by atoms with Crippen LogP contribution in [0.15, 0.2) is 12.2 Å². The monoisotopic (exact) mass is 363 g/mol. The van der Waals surface area contributed by atoms with Gasteiger partial charge in [-0.25, -0.2) is 0 Å². The highest BCUT2D eigenvalue weighted by Gasteiger charge is 2.67. The van der Waals surface area contributed by atoms with Crippen molar-refractivity contribution in [3.8, 4) is 0 Å². The molecule has 4 rings (SSSR count). The third kappa shape index (κ3) is 2.86. The van der Waals surface area contributed by atoms with Crippen LogP contribution >= 0.6 is 0 Å². The smallest absolute Gasteiger partial charge is 0.230 e. The second-order valence-corrected chi connectivity index (χ2v) is 7.84. The number of rotatable bonds is 5. The van der Waals surface area contributed by atoms with Crippen LogP contribution in [0.2, 0.25) is 0 Å². The van der Waals surface area contributed by atoms with Gasteiger partial charge in [-0.3, -0.25) is 9.59 Å². The van der Waals surface area contributed by atoms with Crippen LogP contribution in [0.25, 0.3) is 0 Å². The van der Waals surface area contributed by atoms with Gasteiger partial charge in [0.05, 0.1) is 31.1 Å².